The molecule has 1 saturated carbocycles. The quantitative estimate of drug-likeness (QED) is 0.430. The van der Waals surface area contributed by atoms with Crippen molar-refractivity contribution in [3.05, 3.63) is 64.1 Å². The van der Waals surface area contributed by atoms with E-state index < -0.39 is 16.1 Å². The molecule has 0 radical (unpaired) electrons. The summed E-state index contributed by atoms with van der Waals surface area (Å²) in [6, 6.07) is 12.7. The summed E-state index contributed by atoms with van der Waals surface area (Å²) in [6.45, 7) is 2.07. The van der Waals surface area contributed by atoms with Gasteiger partial charge in [-0.1, -0.05) is 60.3 Å². The van der Waals surface area contributed by atoms with Gasteiger partial charge in [-0.3, -0.25) is 9.59 Å². The van der Waals surface area contributed by atoms with E-state index in [1.54, 1.807) is 55.5 Å². The van der Waals surface area contributed by atoms with Crippen LogP contribution in [0.2, 0.25) is 10.0 Å². The lowest BCUT2D eigenvalue weighted by molar-refractivity contribution is -0.141. The zero-order valence-electron chi connectivity index (χ0n) is 20.6. The molecule has 1 aliphatic carbocycles. The van der Waals surface area contributed by atoms with E-state index in [2.05, 4.69) is 5.32 Å². The molecule has 1 atom stereocenters. The predicted molar refractivity (Wildman–Crippen MR) is 142 cm³/mol. The highest BCUT2D eigenvalue weighted by molar-refractivity contribution is 7.89. The number of benzene rings is 2. The Hall–Kier alpha value is -2.13. The van der Waals surface area contributed by atoms with Gasteiger partial charge in [-0.25, -0.2) is 12.7 Å². The summed E-state index contributed by atoms with van der Waals surface area (Å²) < 4.78 is 26.8. The van der Waals surface area contributed by atoms with E-state index in [1.165, 1.54) is 16.3 Å². The van der Waals surface area contributed by atoms with Gasteiger partial charge < -0.3 is 10.2 Å². The lowest BCUT2D eigenvalue weighted by Gasteiger charge is -2.30. The Morgan fingerprint density at radius 1 is 1.06 bits per heavy atom. The van der Waals surface area contributed by atoms with Crippen molar-refractivity contribution < 1.29 is 18.0 Å². The van der Waals surface area contributed by atoms with Crippen LogP contribution in [0.4, 0.5) is 0 Å². The second-order valence-corrected chi connectivity index (χ2v) is 12.0. The molecule has 2 aromatic rings. The fourth-order valence-corrected chi connectivity index (χ4v) is 5.85. The van der Waals surface area contributed by atoms with Crippen molar-refractivity contribution in [1.82, 2.24) is 14.5 Å². The molecule has 36 heavy (non-hydrogen) atoms. The van der Waals surface area contributed by atoms with Crippen LogP contribution in [-0.2, 0) is 26.2 Å². The Balaban J connectivity index is 1.67. The highest BCUT2D eigenvalue weighted by atomic mass is 35.5. The van der Waals surface area contributed by atoms with E-state index in [0.29, 0.717) is 16.5 Å². The molecule has 196 valence electrons. The Kier molecular flexibility index (Phi) is 10.2. The maximum atomic E-state index is 13.3. The lowest BCUT2D eigenvalue weighted by atomic mass is 10.1. The van der Waals surface area contributed by atoms with Crippen LogP contribution < -0.4 is 5.32 Å². The van der Waals surface area contributed by atoms with Gasteiger partial charge in [-0.2, -0.15) is 0 Å². The van der Waals surface area contributed by atoms with Crippen LogP contribution in [-0.4, -0.2) is 55.1 Å². The molecule has 0 spiro atoms. The Labute approximate surface area is 223 Å². The second kappa shape index (κ2) is 12.9. The third-order valence-electron chi connectivity index (χ3n) is 6.52. The summed E-state index contributed by atoms with van der Waals surface area (Å²) in [5.74, 6) is -0.431. The van der Waals surface area contributed by atoms with E-state index in [4.69, 9.17) is 23.2 Å². The molecular formula is C26H33Cl2N3O4S. The predicted octanol–water partition coefficient (Wildman–Crippen LogP) is 4.87. The van der Waals surface area contributed by atoms with Crippen LogP contribution in [0.1, 0.15) is 51.0 Å². The number of hydrogen-bond donors (Lipinski definition) is 1. The molecule has 0 bridgehead atoms. The Morgan fingerprint density at radius 2 is 1.72 bits per heavy atom. The van der Waals surface area contributed by atoms with Crippen LogP contribution in [0, 0.1) is 0 Å². The number of nitrogens with one attached hydrogen (secondary N) is 1. The lowest BCUT2D eigenvalue weighted by Crippen LogP contribution is -2.49. The van der Waals surface area contributed by atoms with Crippen LogP contribution in [0.15, 0.2) is 53.4 Å². The summed E-state index contributed by atoms with van der Waals surface area (Å²) in [5.41, 5.74) is 0.752. The van der Waals surface area contributed by atoms with Gasteiger partial charge in [0.2, 0.25) is 21.8 Å². The molecule has 0 heterocycles. The zero-order valence-corrected chi connectivity index (χ0v) is 23.0. The van der Waals surface area contributed by atoms with E-state index >= 15 is 0 Å². The van der Waals surface area contributed by atoms with Gasteiger partial charge in [-0.05, 0) is 56.0 Å². The van der Waals surface area contributed by atoms with Gasteiger partial charge in [0.1, 0.15) is 6.04 Å². The minimum atomic E-state index is -3.64. The van der Waals surface area contributed by atoms with Crippen molar-refractivity contribution in [3.8, 4) is 0 Å². The van der Waals surface area contributed by atoms with E-state index in [1.807, 2.05) is 0 Å². The number of amides is 2. The molecule has 0 aliphatic heterocycles. The minimum Gasteiger partial charge on any atom is -0.352 e. The van der Waals surface area contributed by atoms with Crippen LogP contribution in [0.5, 0.6) is 0 Å². The van der Waals surface area contributed by atoms with Crippen molar-refractivity contribution in [1.29, 1.82) is 0 Å². The molecule has 1 fully saturated rings. The highest BCUT2D eigenvalue weighted by Crippen LogP contribution is 2.24. The number of sulfonamides is 1. The van der Waals surface area contributed by atoms with E-state index in [9.17, 15) is 18.0 Å². The Bertz CT molecular complexity index is 1160. The largest absolute Gasteiger partial charge is 0.352 e. The maximum absolute atomic E-state index is 13.3. The first-order chi connectivity index (χ1) is 17.1. The summed E-state index contributed by atoms with van der Waals surface area (Å²) in [5, 5.41) is 3.85. The van der Waals surface area contributed by atoms with Crippen molar-refractivity contribution in [2.45, 2.75) is 69.0 Å². The molecule has 2 amide bonds. The van der Waals surface area contributed by atoms with Crippen molar-refractivity contribution in [2.24, 2.45) is 0 Å². The van der Waals surface area contributed by atoms with Gasteiger partial charge in [0, 0.05) is 32.6 Å². The third kappa shape index (κ3) is 7.44. The summed E-state index contributed by atoms with van der Waals surface area (Å²) >= 11 is 12.2. The standard InChI is InChI=1S/C26H33Cl2N3O4S/c1-19(26(33)29-21-9-6-7-10-21)31(18-20-14-15-23(27)24(28)17-20)25(32)13-8-16-30(2)36(34,35)22-11-4-3-5-12-22/h3-5,11-12,14-15,17,19,21H,6-10,13,16,18H2,1-2H3,(H,29,33). The smallest absolute Gasteiger partial charge is 0.242 e. The highest BCUT2D eigenvalue weighted by Gasteiger charge is 2.29. The number of rotatable bonds is 11. The molecule has 0 aromatic heterocycles. The topological polar surface area (TPSA) is 86.8 Å². The molecule has 1 aliphatic rings. The SMILES string of the molecule is CC(C(=O)NC1CCCC1)N(Cc1ccc(Cl)c(Cl)c1)C(=O)CCCN(C)S(=O)(=O)c1ccccc1. The van der Waals surface area contributed by atoms with Gasteiger partial charge in [0.25, 0.3) is 0 Å². The normalized spacial score (nSPS) is 15.1. The Morgan fingerprint density at radius 3 is 2.36 bits per heavy atom. The molecule has 3 rings (SSSR count). The van der Waals surface area contributed by atoms with E-state index in [-0.39, 0.29) is 42.3 Å². The molecule has 1 N–H and O–H groups in total. The second-order valence-electron chi connectivity index (χ2n) is 9.18. The third-order valence-corrected chi connectivity index (χ3v) is 9.13. The van der Waals surface area contributed by atoms with Gasteiger partial charge in [-0.15, -0.1) is 0 Å². The molecule has 7 nitrogen and oxygen atoms in total. The molecule has 1 unspecified atom stereocenters. The maximum Gasteiger partial charge on any atom is 0.242 e. The monoisotopic (exact) mass is 553 g/mol. The summed E-state index contributed by atoms with van der Waals surface area (Å²) in [7, 11) is -2.14. The van der Waals surface area contributed by atoms with Crippen LogP contribution >= 0.6 is 23.2 Å². The molecule has 10 heteroatoms. The van der Waals surface area contributed by atoms with Crippen molar-refractivity contribution in [2.75, 3.05) is 13.6 Å². The van der Waals surface area contributed by atoms with Crippen molar-refractivity contribution in [3.63, 3.8) is 0 Å². The number of carbonyl (C=O) groups is 2. The van der Waals surface area contributed by atoms with Gasteiger partial charge in [0.15, 0.2) is 0 Å². The number of hydrogen-bond acceptors (Lipinski definition) is 4. The van der Waals surface area contributed by atoms with Crippen molar-refractivity contribution >= 4 is 45.0 Å². The average Bonchev–Trinajstić information content (AvgIpc) is 3.37. The summed E-state index contributed by atoms with van der Waals surface area (Å²) in [6.07, 6.45) is 4.48. The minimum absolute atomic E-state index is 0.0943. The van der Waals surface area contributed by atoms with E-state index in [0.717, 1.165) is 31.2 Å². The summed E-state index contributed by atoms with van der Waals surface area (Å²) in [4.78, 5) is 28.0. The van der Waals surface area contributed by atoms with Gasteiger partial charge in [0.05, 0.1) is 14.9 Å². The fraction of sp³-hybridized carbons (Fsp3) is 0.462. The first kappa shape index (κ1) is 28.4. The number of carbonyl (C=O) groups excluding carboxylic acids is 2. The average molecular weight is 555 g/mol. The van der Waals surface area contributed by atoms with Gasteiger partial charge >= 0.3 is 0 Å². The molecule has 2 aromatic carbocycles. The zero-order chi connectivity index (χ0) is 26.3. The first-order valence-electron chi connectivity index (χ1n) is 12.1. The molecular weight excluding hydrogens is 521 g/mol. The fourth-order valence-electron chi connectivity index (χ4n) is 4.30. The first-order valence-corrected chi connectivity index (χ1v) is 14.3. The van der Waals surface area contributed by atoms with Crippen LogP contribution in [0.3, 0.4) is 0 Å². The molecule has 0 saturated heterocycles. The number of nitrogens with zero attached hydrogens (tertiary/aromatic N) is 2. The number of halogens is 2. The van der Waals surface area contributed by atoms with Crippen LogP contribution in [0.25, 0.3) is 0 Å².